The first-order chi connectivity index (χ1) is 13.6. The van der Waals surface area contributed by atoms with Crippen molar-refractivity contribution in [2.45, 2.75) is 44.3 Å². The van der Waals surface area contributed by atoms with Gasteiger partial charge in [-0.25, -0.2) is 0 Å². The summed E-state index contributed by atoms with van der Waals surface area (Å²) in [6.45, 7) is 4.91. The van der Waals surface area contributed by atoms with Crippen LogP contribution in [0, 0.1) is 0 Å². The molecule has 0 spiro atoms. The van der Waals surface area contributed by atoms with Crippen LogP contribution in [0.5, 0.6) is 11.5 Å². The van der Waals surface area contributed by atoms with Crippen molar-refractivity contribution >= 4 is 5.91 Å². The number of carbonyl (C=O) groups is 1. The van der Waals surface area contributed by atoms with E-state index in [0.717, 1.165) is 49.4 Å². The zero-order valence-corrected chi connectivity index (χ0v) is 16.2. The van der Waals surface area contributed by atoms with E-state index in [1.807, 2.05) is 12.1 Å². The number of rotatable bonds is 4. The molecule has 2 aliphatic heterocycles. The number of benzene rings is 2. The molecule has 3 aliphatic rings. The second kappa shape index (κ2) is 6.82. The highest BCUT2D eigenvalue weighted by Crippen LogP contribution is 2.37. The minimum absolute atomic E-state index is 0.136. The Bertz CT molecular complexity index is 912. The van der Waals surface area contributed by atoms with Crippen LogP contribution in [0.2, 0.25) is 0 Å². The van der Waals surface area contributed by atoms with Crippen LogP contribution in [-0.2, 0) is 17.8 Å². The van der Waals surface area contributed by atoms with Crippen LogP contribution in [0.3, 0.4) is 0 Å². The van der Waals surface area contributed by atoms with E-state index >= 15 is 0 Å². The maximum absolute atomic E-state index is 13.1. The van der Waals surface area contributed by atoms with Crippen LogP contribution in [0.1, 0.15) is 42.5 Å². The summed E-state index contributed by atoms with van der Waals surface area (Å²) in [7, 11) is 0. The highest BCUT2D eigenvalue weighted by molar-refractivity contribution is 5.87. The summed E-state index contributed by atoms with van der Waals surface area (Å²) < 4.78 is 11.3. The number of ether oxygens (including phenoxy) is 2. The summed E-state index contributed by atoms with van der Waals surface area (Å²) in [5, 5.41) is 3.32. The maximum atomic E-state index is 13.1. The van der Waals surface area contributed by atoms with Gasteiger partial charge in [-0.3, -0.25) is 9.69 Å². The standard InChI is InChI=1S/C23H26N2O3/c1-23(22(26)24-19-8-7-17-4-2-3-5-18(17)19)10-11-25(23)15-16-6-9-20-21(14-16)28-13-12-27-20/h2-6,9,14,19H,7-8,10-13,15H2,1H3,(H,24,26). The second-order valence-electron chi connectivity index (χ2n) is 8.19. The molecule has 2 heterocycles. The number of likely N-dealkylation sites (tertiary alicyclic amines) is 1. The lowest BCUT2D eigenvalue weighted by Crippen LogP contribution is -2.65. The Morgan fingerprint density at radius 2 is 2.00 bits per heavy atom. The maximum Gasteiger partial charge on any atom is 0.240 e. The molecule has 0 aromatic heterocycles. The van der Waals surface area contributed by atoms with Gasteiger partial charge < -0.3 is 14.8 Å². The van der Waals surface area contributed by atoms with E-state index in [0.29, 0.717) is 13.2 Å². The van der Waals surface area contributed by atoms with Gasteiger partial charge in [0.15, 0.2) is 11.5 Å². The summed E-state index contributed by atoms with van der Waals surface area (Å²) in [6.07, 6.45) is 2.92. The van der Waals surface area contributed by atoms with Crippen molar-refractivity contribution in [2.75, 3.05) is 19.8 Å². The van der Waals surface area contributed by atoms with E-state index in [-0.39, 0.29) is 11.9 Å². The molecule has 2 aromatic rings. The van der Waals surface area contributed by atoms with Gasteiger partial charge in [0.1, 0.15) is 13.2 Å². The van der Waals surface area contributed by atoms with Crippen LogP contribution < -0.4 is 14.8 Å². The monoisotopic (exact) mass is 378 g/mol. The van der Waals surface area contributed by atoms with Crippen LogP contribution in [0.25, 0.3) is 0 Å². The molecule has 1 saturated heterocycles. The first kappa shape index (κ1) is 17.6. The van der Waals surface area contributed by atoms with Gasteiger partial charge in [0, 0.05) is 13.1 Å². The number of hydrogen-bond donors (Lipinski definition) is 1. The largest absolute Gasteiger partial charge is 0.486 e. The normalized spacial score (nSPS) is 25.7. The van der Waals surface area contributed by atoms with Crippen LogP contribution in [0.15, 0.2) is 42.5 Å². The smallest absolute Gasteiger partial charge is 0.240 e. The molecule has 5 nitrogen and oxygen atoms in total. The number of hydrogen-bond acceptors (Lipinski definition) is 4. The molecule has 2 unspecified atom stereocenters. The molecule has 5 rings (SSSR count). The third kappa shape index (κ3) is 2.94. The molecule has 1 amide bonds. The quantitative estimate of drug-likeness (QED) is 0.888. The van der Waals surface area contributed by atoms with Crippen LogP contribution >= 0.6 is 0 Å². The molecular formula is C23H26N2O3. The van der Waals surface area contributed by atoms with E-state index in [1.165, 1.54) is 11.1 Å². The van der Waals surface area contributed by atoms with Crippen LogP contribution in [-0.4, -0.2) is 36.1 Å². The fourth-order valence-corrected chi connectivity index (χ4v) is 4.54. The van der Waals surface area contributed by atoms with E-state index in [1.54, 1.807) is 0 Å². The van der Waals surface area contributed by atoms with Gasteiger partial charge in [-0.2, -0.15) is 0 Å². The van der Waals surface area contributed by atoms with Crippen molar-refractivity contribution in [2.24, 2.45) is 0 Å². The van der Waals surface area contributed by atoms with Gasteiger partial charge in [-0.1, -0.05) is 30.3 Å². The van der Waals surface area contributed by atoms with E-state index in [4.69, 9.17) is 9.47 Å². The molecule has 1 fully saturated rings. The Kier molecular flexibility index (Phi) is 4.27. The molecule has 146 valence electrons. The SMILES string of the molecule is CC1(C(=O)NC2CCc3ccccc32)CCN1Cc1ccc2c(c1)OCCO2. The summed E-state index contributed by atoms with van der Waals surface area (Å²) in [5.41, 5.74) is 3.33. The Morgan fingerprint density at radius 3 is 2.82 bits per heavy atom. The fourth-order valence-electron chi connectivity index (χ4n) is 4.54. The van der Waals surface area contributed by atoms with Crippen molar-refractivity contribution in [1.29, 1.82) is 0 Å². The summed E-state index contributed by atoms with van der Waals surface area (Å²) in [4.78, 5) is 15.4. The van der Waals surface area contributed by atoms with Gasteiger partial charge in [0.05, 0.1) is 11.6 Å². The predicted octanol–water partition coefficient (Wildman–Crippen LogP) is 3.23. The molecule has 1 aliphatic carbocycles. The number of amides is 1. The Balaban J connectivity index is 1.27. The average molecular weight is 378 g/mol. The number of nitrogens with one attached hydrogen (secondary N) is 1. The topological polar surface area (TPSA) is 50.8 Å². The predicted molar refractivity (Wildman–Crippen MR) is 107 cm³/mol. The van der Waals surface area contributed by atoms with Crippen LogP contribution in [0.4, 0.5) is 0 Å². The highest BCUT2D eigenvalue weighted by atomic mass is 16.6. The van der Waals surface area contributed by atoms with Crippen molar-refractivity contribution < 1.29 is 14.3 Å². The van der Waals surface area contributed by atoms with Gasteiger partial charge in [-0.05, 0) is 55.0 Å². The third-order valence-electron chi connectivity index (χ3n) is 6.47. The van der Waals surface area contributed by atoms with Crippen molar-refractivity contribution in [3.63, 3.8) is 0 Å². The summed E-state index contributed by atoms with van der Waals surface area (Å²) in [6, 6.07) is 14.7. The first-order valence-corrected chi connectivity index (χ1v) is 10.2. The summed E-state index contributed by atoms with van der Waals surface area (Å²) in [5.74, 6) is 1.75. The van der Waals surface area contributed by atoms with Crippen molar-refractivity contribution in [1.82, 2.24) is 10.2 Å². The summed E-state index contributed by atoms with van der Waals surface area (Å²) >= 11 is 0. The number of aryl methyl sites for hydroxylation is 1. The third-order valence-corrected chi connectivity index (χ3v) is 6.47. The Hall–Kier alpha value is -2.53. The molecule has 0 bridgehead atoms. The fraction of sp³-hybridized carbons (Fsp3) is 0.435. The van der Waals surface area contributed by atoms with E-state index in [2.05, 4.69) is 47.5 Å². The molecule has 28 heavy (non-hydrogen) atoms. The molecule has 0 radical (unpaired) electrons. The lowest BCUT2D eigenvalue weighted by atomic mass is 9.84. The molecule has 2 atom stereocenters. The first-order valence-electron chi connectivity index (χ1n) is 10.2. The van der Waals surface area contributed by atoms with Gasteiger partial charge in [0.2, 0.25) is 5.91 Å². The zero-order chi connectivity index (χ0) is 19.1. The highest BCUT2D eigenvalue weighted by Gasteiger charge is 2.47. The molecule has 0 saturated carbocycles. The molecule has 1 N–H and O–H groups in total. The minimum atomic E-state index is -0.454. The van der Waals surface area contributed by atoms with Gasteiger partial charge in [0.25, 0.3) is 0 Å². The van der Waals surface area contributed by atoms with E-state index in [9.17, 15) is 4.79 Å². The van der Waals surface area contributed by atoms with Crippen molar-refractivity contribution in [3.8, 4) is 11.5 Å². The molecular weight excluding hydrogens is 352 g/mol. The molecule has 2 aromatic carbocycles. The Morgan fingerprint density at radius 1 is 1.18 bits per heavy atom. The Labute approximate surface area is 165 Å². The van der Waals surface area contributed by atoms with E-state index < -0.39 is 5.54 Å². The number of fused-ring (bicyclic) bond motifs is 2. The number of nitrogens with zero attached hydrogens (tertiary/aromatic N) is 1. The lowest BCUT2D eigenvalue weighted by Gasteiger charge is -2.49. The minimum Gasteiger partial charge on any atom is -0.486 e. The number of carbonyl (C=O) groups excluding carboxylic acids is 1. The van der Waals surface area contributed by atoms with Crippen molar-refractivity contribution in [3.05, 3.63) is 59.2 Å². The second-order valence-corrected chi connectivity index (χ2v) is 8.19. The van der Waals surface area contributed by atoms with Gasteiger partial charge in [-0.15, -0.1) is 0 Å². The van der Waals surface area contributed by atoms with Gasteiger partial charge >= 0.3 is 0 Å². The zero-order valence-electron chi connectivity index (χ0n) is 16.2. The lowest BCUT2D eigenvalue weighted by molar-refractivity contribution is -0.142. The molecule has 5 heteroatoms. The average Bonchev–Trinajstić information content (AvgIpc) is 3.13.